The van der Waals surface area contributed by atoms with Gasteiger partial charge in [0.1, 0.15) is 10.6 Å². The van der Waals surface area contributed by atoms with Crippen LogP contribution in [0.4, 0.5) is 5.82 Å². The van der Waals surface area contributed by atoms with Crippen LogP contribution >= 0.6 is 22.9 Å². The highest BCUT2D eigenvalue weighted by atomic mass is 35.5. The van der Waals surface area contributed by atoms with E-state index in [-0.39, 0.29) is 11.4 Å². The first-order valence-electron chi connectivity index (χ1n) is 5.43. The quantitative estimate of drug-likeness (QED) is 0.670. The number of nitrogens with one attached hydrogen (secondary N) is 1. The SMILES string of the molecule is CC(C)OCCNc1nc(Cl)nc2sccc12. The smallest absolute Gasteiger partial charge is 0.225 e. The maximum Gasteiger partial charge on any atom is 0.225 e. The van der Waals surface area contributed by atoms with Gasteiger partial charge in [0.25, 0.3) is 0 Å². The van der Waals surface area contributed by atoms with Gasteiger partial charge in [0.05, 0.1) is 18.1 Å². The summed E-state index contributed by atoms with van der Waals surface area (Å²) < 4.78 is 5.45. The van der Waals surface area contributed by atoms with E-state index in [9.17, 15) is 0 Å². The number of rotatable bonds is 5. The van der Waals surface area contributed by atoms with Gasteiger partial charge in [-0.15, -0.1) is 11.3 Å². The lowest BCUT2D eigenvalue weighted by atomic mass is 10.4. The number of fused-ring (bicyclic) bond motifs is 1. The summed E-state index contributed by atoms with van der Waals surface area (Å²) in [6, 6.07) is 1.99. The normalized spacial score (nSPS) is 11.3. The fraction of sp³-hybridized carbons (Fsp3) is 0.455. The number of aromatic nitrogens is 2. The molecule has 2 rings (SSSR count). The number of ether oxygens (including phenoxy) is 1. The molecule has 17 heavy (non-hydrogen) atoms. The summed E-state index contributed by atoms with van der Waals surface area (Å²) in [5.74, 6) is 0.772. The van der Waals surface area contributed by atoms with Crippen LogP contribution in [0.25, 0.3) is 10.2 Å². The molecule has 0 aliphatic carbocycles. The van der Waals surface area contributed by atoms with E-state index in [0.717, 1.165) is 16.0 Å². The maximum absolute atomic E-state index is 5.86. The van der Waals surface area contributed by atoms with Crippen LogP contribution in [-0.2, 0) is 4.74 Å². The Bertz CT molecular complexity index is 500. The molecule has 0 aliphatic heterocycles. The first-order valence-corrected chi connectivity index (χ1v) is 6.69. The first-order chi connectivity index (χ1) is 8.16. The Balaban J connectivity index is 2.04. The fourth-order valence-corrected chi connectivity index (χ4v) is 2.41. The Morgan fingerprint density at radius 2 is 2.29 bits per heavy atom. The largest absolute Gasteiger partial charge is 0.377 e. The zero-order chi connectivity index (χ0) is 12.3. The number of nitrogens with zero attached hydrogens (tertiary/aromatic N) is 2. The molecule has 0 unspecified atom stereocenters. The van der Waals surface area contributed by atoms with Gasteiger partial charge >= 0.3 is 0 Å². The molecule has 0 fully saturated rings. The Kier molecular flexibility index (Phi) is 4.15. The van der Waals surface area contributed by atoms with Crippen LogP contribution in [0.1, 0.15) is 13.8 Å². The van der Waals surface area contributed by atoms with E-state index in [1.807, 2.05) is 25.3 Å². The van der Waals surface area contributed by atoms with Crippen LogP contribution in [-0.4, -0.2) is 29.2 Å². The molecule has 2 aromatic rings. The van der Waals surface area contributed by atoms with Gasteiger partial charge in [-0.3, -0.25) is 0 Å². The Labute approximate surface area is 109 Å². The highest BCUT2D eigenvalue weighted by Crippen LogP contribution is 2.26. The van der Waals surface area contributed by atoms with Gasteiger partial charge in [0.2, 0.25) is 5.28 Å². The summed E-state index contributed by atoms with van der Waals surface area (Å²) >= 11 is 7.41. The van der Waals surface area contributed by atoms with Crippen LogP contribution in [0, 0.1) is 0 Å². The molecule has 4 nitrogen and oxygen atoms in total. The number of hydrogen-bond acceptors (Lipinski definition) is 5. The van der Waals surface area contributed by atoms with Gasteiger partial charge in [-0.2, -0.15) is 0 Å². The van der Waals surface area contributed by atoms with Crippen LogP contribution in [0.2, 0.25) is 5.28 Å². The standard InChI is InChI=1S/C11H14ClN3OS/c1-7(2)16-5-4-13-9-8-3-6-17-10(8)15-11(12)14-9/h3,6-7H,4-5H2,1-2H3,(H,13,14,15). The van der Waals surface area contributed by atoms with Crippen molar-refractivity contribution in [3.05, 3.63) is 16.7 Å². The summed E-state index contributed by atoms with van der Waals surface area (Å²) in [7, 11) is 0. The lowest BCUT2D eigenvalue weighted by molar-refractivity contribution is 0.0870. The second-order valence-corrected chi connectivity index (χ2v) is 5.06. The predicted octanol–water partition coefficient (Wildman–Crippen LogP) is 3.18. The van der Waals surface area contributed by atoms with Crippen LogP contribution < -0.4 is 5.32 Å². The van der Waals surface area contributed by atoms with Gasteiger partial charge in [-0.05, 0) is 36.9 Å². The summed E-state index contributed by atoms with van der Waals surface area (Å²) in [6.45, 7) is 5.37. The van der Waals surface area contributed by atoms with Crippen molar-refractivity contribution in [2.75, 3.05) is 18.5 Å². The van der Waals surface area contributed by atoms with Gasteiger partial charge in [0.15, 0.2) is 0 Å². The molecule has 0 radical (unpaired) electrons. The molecule has 0 saturated carbocycles. The third-order valence-electron chi connectivity index (χ3n) is 2.14. The topological polar surface area (TPSA) is 47.0 Å². The van der Waals surface area contributed by atoms with Crippen LogP contribution in [0.3, 0.4) is 0 Å². The molecule has 0 aliphatic rings. The summed E-state index contributed by atoms with van der Waals surface area (Å²) in [5.41, 5.74) is 0. The molecule has 0 saturated heterocycles. The highest BCUT2D eigenvalue weighted by Gasteiger charge is 2.07. The van der Waals surface area contributed by atoms with Crippen molar-refractivity contribution in [3.8, 4) is 0 Å². The molecule has 1 N–H and O–H groups in total. The summed E-state index contributed by atoms with van der Waals surface area (Å²) in [6.07, 6.45) is 0.243. The average molecular weight is 272 g/mol. The molecule has 6 heteroatoms. The van der Waals surface area contributed by atoms with E-state index < -0.39 is 0 Å². The van der Waals surface area contributed by atoms with Crippen molar-refractivity contribution in [2.24, 2.45) is 0 Å². The second-order valence-electron chi connectivity index (χ2n) is 3.83. The monoisotopic (exact) mass is 271 g/mol. The van der Waals surface area contributed by atoms with Gasteiger partial charge in [-0.25, -0.2) is 9.97 Å². The Morgan fingerprint density at radius 3 is 3.06 bits per heavy atom. The van der Waals surface area contributed by atoms with E-state index in [4.69, 9.17) is 16.3 Å². The average Bonchev–Trinajstić information content (AvgIpc) is 2.71. The minimum atomic E-state index is 0.243. The second kappa shape index (κ2) is 5.62. The highest BCUT2D eigenvalue weighted by molar-refractivity contribution is 7.16. The van der Waals surface area contributed by atoms with Crippen molar-refractivity contribution in [2.45, 2.75) is 20.0 Å². The maximum atomic E-state index is 5.86. The predicted molar refractivity (Wildman–Crippen MR) is 72.0 cm³/mol. The first kappa shape index (κ1) is 12.5. The van der Waals surface area contributed by atoms with E-state index in [0.29, 0.717) is 13.2 Å². The molecule has 2 aromatic heterocycles. The van der Waals surface area contributed by atoms with Gasteiger partial charge in [-0.1, -0.05) is 0 Å². The molecule has 0 atom stereocenters. The van der Waals surface area contributed by atoms with Crippen molar-refractivity contribution in [3.63, 3.8) is 0 Å². The molecule has 2 heterocycles. The van der Waals surface area contributed by atoms with E-state index in [1.165, 1.54) is 0 Å². The van der Waals surface area contributed by atoms with Gasteiger partial charge in [0, 0.05) is 6.54 Å². The number of thiophene rings is 1. The lowest BCUT2D eigenvalue weighted by Gasteiger charge is -2.09. The third kappa shape index (κ3) is 3.28. The van der Waals surface area contributed by atoms with Crippen molar-refractivity contribution in [1.29, 1.82) is 0 Å². The van der Waals surface area contributed by atoms with E-state index >= 15 is 0 Å². The number of halogens is 1. The molecule has 0 aromatic carbocycles. The van der Waals surface area contributed by atoms with Crippen molar-refractivity contribution < 1.29 is 4.74 Å². The Hall–Kier alpha value is -0.910. The van der Waals surface area contributed by atoms with Crippen molar-refractivity contribution in [1.82, 2.24) is 9.97 Å². The van der Waals surface area contributed by atoms with E-state index in [1.54, 1.807) is 11.3 Å². The molecular formula is C11H14ClN3OS. The molecular weight excluding hydrogens is 258 g/mol. The van der Waals surface area contributed by atoms with Crippen LogP contribution in [0.15, 0.2) is 11.4 Å². The lowest BCUT2D eigenvalue weighted by Crippen LogP contribution is -2.14. The summed E-state index contributed by atoms with van der Waals surface area (Å²) in [4.78, 5) is 9.24. The van der Waals surface area contributed by atoms with Crippen LogP contribution in [0.5, 0.6) is 0 Å². The fourth-order valence-electron chi connectivity index (χ4n) is 1.43. The third-order valence-corrected chi connectivity index (χ3v) is 3.12. The molecule has 0 spiro atoms. The number of hydrogen-bond donors (Lipinski definition) is 1. The Morgan fingerprint density at radius 1 is 1.47 bits per heavy atom. The zero-order valence-electron chi connectivity index (χ0n) is 9.74. The van der Waals surface area contributed by atoms with Crippen molar-refractivity contribution >= 4 is 39.0 Å². The molecule has 92 valence electrons. The number of anilines is 1. The van der Waals surface area contributed by atoms with E-state index in [2.05, 4.69) is 15.3 Å². The summed E-state index contributed by atoms with van der Waals surface area (Å²) in [5, 5.41) is 6.47. The molecule has 0 bridgehead atoms. The minimum absolute atomic E-state index is 0.243. The zero-order valence-corrected chi connectivity index (χ0v) is 11.3. The van der Waals surface area contributed by atoms with Gasteiger partial charge < -0.3 is 10.1 Å². The molecule has 0 amide bonds. The minimum Gasteiger partial charge on any atom is -0.377 e.